The van der Waals surface area contributed by atoms with Gasteiger partial charge in [0.15, 0.2) is 5.76 Å². The first-order valence-electron chi connectivity index (χ1n) is 7.46. The number of aryl methyl sites for hydroxylation is 1. The predicted octanol–water partition coefficient (Wildman–Crippen LogP) is 1.58. The number of likely N-dealkylation sites (tertiary alicyclic amines) is 1. The van der Waals surface area contributed by atoms with E-state index in [1.54, 1.807) is 0 Å². The largest absolute Gasteiger partial charge is 0.370 e. The minimum Gasteiger partial charge on any atom is -0.359 e. The molecule has 4 heterocycles. The normalized spacial score (nSPS) is 18.7. The zero-order valence-electron chi connectivity index (χ0n) is 12.6. The molecule has 0 saturated carbocycles. The van der Waals surface area contributed by atoms with Crippen molar-refractivity contribution in [3.8, 4) is 5.00 Å². The van der Waals surface area contributed by atoms with Gasteiger partial charge >= 0.3 is 5.69 Å². The molecule has 3 aromatic rings. The van der Waals surface area contributed by atoms with Crippen LogP contribution in [0.25, 0.3) is 5.00 Å². The fraction of sp³-hybridized carbons (Fsp3) is 0.429. The molecule has 0 aromatic carbocycles. The molecule has 1 saturated heterocycles. The molecule has 4 rings (SSSR count). The number of thiophene rings is 1. The van der Waals surface area contributed by atoms with E-state index >= 15 is 0 Å². The van der Waals surface area contributed by atoms with Crippen molar-refractivity contribution in [2.45, 2.75) is 32.5 Å². The molecule has 0 radical (unpaired) electrons. The van der Waals surface area contributed by atoms with Gasteiger partial charge in [-0.05, 0) is 47.7 Å². The van der Waals surface area contributed by atoms with Gasteiger partial charge in [0.05, 0.1) is 11.7 Å². The molecule has 1 aliphatic rings. The molecular weight excluding hydrogens is 316 g/mol. The van der Waals surface area contributed by atoms with Gasteiger partial charge in [-0.2, -0.15) is 9.36 Å². The second-order valence-corrected chi connectivity index (χ2v) is 6.53. The van der Waals surface area contributed by atoms with E-state index in [2.05, 4.69) is 20.5 Å². The Morgan fingerprint density at radius 2 is 2.35 bits per heavy atom. The molecule has 0 bridgehead atoms. The van der Waals surface area contributed by atoms with E-state index in [4.69, 9.17) is 4.52 Å². The first-order chi connectivity index (χ1) is 11.2. The lowest BCUT2D eigenvalue weighted by molar-refractivity contribution is 0.161. The first-order valence-corrected chi connectivity index (χ1v) is 8.34. The zero-order chi connectivity index (χ0) is 15.8. The summed E-state index contributed by atoms with van der Waals surface area (Å²) in [6.45, 7) is 3.20. The Balaban J connectivity index is 1.57. The maximum Gasteiger partial charge on any atom is 0.370 e. The van der Waals surface area contributed by atoms with Crippen molar-refractivity contribution >= 4 is 11.3 Å². The maximum absolute atomic E-state index is 12.4. The van der Waals surface area contributed by atoms with Crippen molar-refractivity contribution in [3.05, 3.63) is 45.5 Å². The van der Waals surface area contributed by atoms with Gasteiger partial charge in [0, 0.05) is 12.6 Å². The standard InChI is InChI=1S/C14H16N6O2S/c1-10-8-12(22-15-10)11-4-2-6-18(11)9-19-14(21)20(17-16-19)13-5-3-7-23-13/h3,5,7-8,11H,2,4,6,9H2,1H3/t11-/m0/s1. The third kappa shape index (κ3) is 2.62. The summed E-state index contributed by atoms with van der Waals surface area (Å²) in [5.74, 6) is 0.846. The Kier molecular flexibility index (Phi) is 3.58. The second-order valence-electron chi connectivity index (χ2n) is 5.61. The molecule has 0 amide bonds. The minimum atomic E-state index is -0.230. The van der Waals surface area contributed by atoms with Crippen molar-refractivity contribution < 1.29 is 4.52 Å². The molecular formula is C14H16N6O2S. The number of hydrogen-bond acceptors (Lipinski definition) is 7. The average molecular weight is 332 g/mol. The van der Waals surface area contributed by atoms with Crippen LogP contribution in [0.3, 0.4) is 0 Å². The van der Waals surface area contributed by atoms with Crippen LogP contribution in [0.4, 0.5) is 0 Å². The van der Waals surface area contributed by atoms with Crippen LogP contribution in [0.1, 0.15) is 30.3 Å². The quantitative estimate of drug-likeness (QED) is 0.721. The number of nitrogens with zero attached hydrogens (tertiary/aromatic N) is 6. The van der Waals surface area contributed by atoms with Gasteiger partial charge in [-0.25, -0.2) is 4.79 Å². The summed E-state index contributed by atoms with van der Waals surface area (Å²) in [5.41, 5.74) is 0.638. The molecule has 0 unspecified atom stereocenters. The highest BCUT2D eigenvalue weighted by Gasteiger charge is 2.30. The van der Waals surface area contributed by atoms with E-state index in [0.717, 1.165) is 35.8 Å². The van der Waals surface area contributed by atoms with Gasteiger partial charge < -0.3 is 4.52 Å². The Morgan fingerprint density at radius 1 is 1.43 bits per heavy atom. The highest BCUT2D eigenvalue weighted by molar-refractivity contribution is 7.12. The molecule has 3 aromatic heterocycles. The van der Waals surface area contributed by atoms with Crippen LogP contribution in [0, 0.1) is 6.92 Å². The number of rotatable bonds is 4. The molecule has 0 N–H and O–H groups in total. The van der Waals surface area contributed by atoms with Crippen LogP contribution in [0.2, 0.25) is 0 Å². The van der Waals surface area contributed by atoms with Crippen LogP contribution in [-0.2, 0) is 6.67 Å². The van der Waals surface area contributed by atoms with E-state index < -0.39 is 0 Å². The van der Waals surface area contributed by atoms with Gasteiger partial charge in [-0.1, -0.05) is 5.16 Å². The lowest BCUT2D eigenvalue weighted by Crippen LogP contribution is -2.33. The summed E-state index contributed by atoms with van der Waals surface area (Å²) in [6.07, 6.45) is 2.04. The smallest absolute Gasteiger partial charge is 0.359 e. The highest BCUT2D eigenvalue weighted by Crippen LogP contribution is 2.32. The van der Waals surface area contributed by atoms with Gasteiger partial charge in [-0.15, -0.1) is 11.3 Å². The summed E-state index contributed by atoms with van der Waals surface area (Å²) in [6, 6.07) is 5.82. The van der Waals surface area contributed by atoms with Crippen molar-refractivity contribution in [2.24, 2.45) is 0 Å². The molecule has 1 aliphatic heterocycles. The van der Waals surface area contributed by atoms with E-state index in [-0.39, 0.29) is 11.7 Å². The van der Waals surface area contributed by atoms with E-state index in [1.807, 2.05) is 30.5 Å². The number of hydrogen-bond donors (Lipinski definition) is 0. The fourth-order valence-electron chi connectivity index (χ4n) is 2.92. The number of tetrazole rings is 1. The van der Waals surface area contributed by atoms with Crippen LogP contribution in [0.5, 0.6) is 0 Å². The molecule has 9 heteroatoms. The lowest BCUT2D eigenvalue weighted by atomic mass is 10.1. The molecule has 0 aliphatic carbocycles. The molecule has 120 valence electrons. The monoisotopic (exact) mass is 332 g/mol. The van der Waals surface area contributed by atoms with E-state index in [1.165, 1.54) is 20.7 Å². The van der Waals surface area contributed by atoms with E-state index in [0.29, 0.717) is 6.67 Å². The predicted molar refractivity (Wildman–Crippen MR) is 83.4 cm³/mol. The van der Waals surface area contributed by atoms with Crippen LogP contribution >= 0.6 is 11.3 Å². The second kappa shape index (κ2) is 5.74. The molecule has 23 heavy (non-hydrogen) atoms. The topological polar surface area (TPSA) is 82.0 Å². The van der Waals surface area contributed by atoms with Crippen molar-refractivity contribution in [1.29, 1.82) is 0 Å². The van der Waals surface area contributed by atoms with E-state index in [9.17, 15) is 4.79 Å². The molecule has 0 spiro atoms. The van der Waals surface area contributed by atoms with Crippen molar-refractivity contribution in [3.63, 3.8) is 0 Å². The highest BCUT2D eigenvalue weighted by atomic mass is 32.1. The van der Waals surface area contributed by atoms with Gasteiger partial charge in [-0.3, -0.25) is 4.90 Å². The average Bonchev–Trinajstić information content (AvgIpc) is 3.29. The minimum absolute atomic E-state index is 0.134. The molecule has 8 nitrogen and oxygen atoms in total. The van der Waals surface area contributed by atoms with Gasteiger partial charge in [0.25, 0.3) is 0 Å². The summed E-state index contributed by atoms with van der Waals surface area (Å²) < 4.78 is 8.11. The number of aromatic nitrogens is 5. The molecule has 1 fully saturated rings. The molecule has 1 atom stereocenters. The third-order valence-corrected chi connectivity index (χ3v) is 4.85. The van der Waals surface area contributed by atoms with Crippen molar-refractivity contribution in [1.82, 2.24) is 29.8 Å². The Labute approximate surface area is 135 Å². The SMILES string of the molecule is Cc1cc([C@@H]2CCCN2Cn2nnn(-c3cccs3)c2=O)on1. The van der Waals surface area contributed by atoms with Gasteiger partial charge in [0.2, 0.25) is 0 Å². The van der Waals surface area contributed by atoms with Crippen LogP contribution in [0.15, 0.2) is 32.9 Å². The first kappa shape index (κ1) is 14.3. The Morgan fingerprint density at radius 3 is 3.09 bits per heavy atom. The third-order valence-electron chi connectivity index (χ3n) is 4.01. The Bertz CT molecular complexity index is 849. The summed E-state index contributed by atoms with van der Waals surface area (Å²) in [4.78, 5) is 14.6. The fourth-order valence-corrected chi connectivity index (χ4v) is 3.59. The van der Waals surface area contributed by atoms with Crippen LogP contribution in [-0.4, -0.2) is 36.4 Å². The maximum atomic E-state index is 12.4. The van der Waals surface area contributed by atoms with Gasteiger partial charge in [0.1, 0.15) is 11.7 Å². The Hall–Kier alpha value is -2.26. The summed E-state index contributed by atoms with van der Waals surface area (Å²) in [5, 5.41) is 14.6. The summed E-state index contributed by atoms with van der Waals surface area (Å²) >= 11 is 1.46. The van der Waals surface area contributed by atoms with Crippen LogP contribution < -0.4 is 5.69 Å². The lowest BCUT2D eigenvalue weighted by Gasteiger charge is -2.20. The van der Waals surface area contributed by atoms with Crippen molar-refractivity contribution in [2.75, 3.05) is 6.54 Å². The zero-order valence-corrected chi connectivity index (χ0v) is 13.4. The summed E-state index contributed by atoms with van der Waals surface area (Å²) in [7, 11) is 0.